The number of benzene rings is 1. The quantitative estimate of drug-likeness (QED) is 0.652. The van der Waals surface area contributed by atoms with Crippen molar-refractivity contribution in [2.75, 3.05) is 0 Å². The zero-order valence-corrected chi connectivity index (χ0v) is 18.0. The van der Waals surface area contributed by atoms with Crippen LogP contribution in [0.1, 0.15) is 91.7 Å². The van der Waals surface area contributed by atoms with E-state index in [4.69, 9.17) is 50.6 Å². The van der Waals surface area contributed by atoms with Crippen molar-refractivity contribution >= 4 is 57.8 Å². The first-order valence-electron chi connectivity index (χ1n) is 13.7. The molecule has 0 aliphatic heterocycles. The Morgan fingerprint density at radius 2 is 1.15 bits per heavy atom. The van der Waals surface area contributed by atoms with Crippen molar-refractivity contribution in [2.24, 2.45) is 0 Å². The standard InChI is InChI=1S/C11H16.3C2H6.CH4.B8.4H2/c1-3-4-5-11-8-6-10(2)7-9-11;3*1-2;;1-6(2)8(5)7(3)4;;;;/h6-9H,3-5H2,1-2H3;3*1-2H3;1H4;;4*1H/i;;;;;;4*1+1D. The zero-order chi connectivity index (χ0) is 28.8. The predicted octanol–water partition coefficient (Wildman–Crippen LogP) is 4.99. The van der Waals surface area contributed by atoms with E-state index in [0.29, 0.717) is 0 Å². The monoisotopic (exact) mass is 358 g/mol. The number of hydrogen-bond acceptors (Lipinski definition) is 0. The van der Waals surface area contributed by atoms with E-state index in [2.05, 4.69) is 38.1 Å². The molecule has 1 aromatic carbocycles. The molecule has 0 aliphatic carbocycles. The average Bonchev–Trinajstić information content (AvgIpc) is 2.91. The van der Waals surface area contributed by atoms with Crippen molar-refractivity contribution < 1.29 is 11.9 Å². The van der Waals surface area contributed by atoms with Crippen molar-refractivity contribution in [3.63, 3.8) is 0 Å². The lowest BCUT2D eigenvalue weighted by Gasteiger charge is -2.13. The summed E-state index contributed by atoms with van der Waals surface area (Å²) in [5.41, 5.74) is 2.82. The van der Waals surface area contributed by atoms with E-state index in [1.54, 1.807) is 0 Å². The second kappa shape index (κ2) is 29.5. The molecule has 0 aromatic heterocycles. The third kappa shape index (κ3) is 26.0. The van der Waals surface area contributed by atoms with Gasteiger partial charge in [-0.05, 0) is 25.3 Å². The largest absolute Gasteiger partial charge is 0.0776 e. The van der Waals surface area contributed by atoms with Crippen LogP contribution in [0.3, 0.4) is 0 Å². The number of aryl methyl sites for hydroxylation is 2. The predicted molar refractivity (Wildman–Crippen MR) is 145 cm³/mol. The molecule has 0 nitrogen and oxygen atoms in total. The summed E-state index contributed by atoms with van der Waals surface area (Å²) in [5, 5.41) is 0. The minimum atomic E-state index is -0.630. The van der Waals surface area contributed by atoms with Crippen LogP contribution in [0.5, 0.6) is 0 Å². The summed E-state index contributed by atoms with van der Waals surface area (Å²) < 4.78 is 40.0. The number of hydrogen-bond donors (Lipinski definition) is 0. The molecule has 0 saturated carbocycles. The van der Waals surface area contributed by atoms with Crippen LogP contribution in [0.25, 0.3) is 0 Å². The second-order valence-electron chi connectivity index (χ2n) is 4.82. The van der Waals surface area contributed by atoms with Gasteiger partial charge in [0.05, 0.1) is 0 Å². The van der Waals surface area contributed by atoms with Crippen LogP contribution < -0.4 is 0 Å². The van der Waals surface area contributed by atoms with Gasteiger partial charge < -0.3 is 0 Å². The maximum Gasteiger partial charge on any atom is 0 e. The van der Waals surface area contributed by atoms with E-state index in [9.17, 15) is 0 Å². The van der Waals surface area contributed by atoms with Gasteiger partial charge in [-0.2, -0.15) is 0 Å². The molecular formula is C18H46B8. The fourth-order valence-corrected chi connectivity index (χ4v) is 1.39. The first-order chi connectivity index (χ1) is 15.9. The van der Waals surface area contributed by atoms with Crippen LogP contribution in [0.2, 0.25) is 0 Å². The normalized spacial score (nSPS) is 8.62. The van der Waals surface area contributed by atoms with Gasteiger partial charge in [-0.25, -0.2) is 0 Å². The Balaban J connectivity index is -0.0000000345. The third-order valence-corrected chi connectivity index (χ3v) is 2.83. The van der Waals surface area contributed by atoms with E-state index in [0.717, 1.165) is 0 Å². The van der Waals surface area contributed by atoms with Crippen molar-refractivity contribution in [2.45, 2.75) is 82.1 Å². The van der Waals surface area contributed by atoms with Gasteiger partial charge in [0, 0.05) is 69.7 Å². The minimum Gasteiger partial charge on any atom is -0.0776 e. The molecule has 0 unspecified atom stereocenters. The van der Waals surface area contributed by atoms with Gasteiger partial charge in [-0.15, -0.1) is 0 Å². The Bertz CT molecular complexity index is 347. The molecule has 8 heteroatoms. The fourth-order valence-electron chi connectivity index (χ4n) is 1.39. The summed E-state index contributed by atoms with van der Waals surface area (Å²) in [6.45, 7) is 16.4. The van der Waals surface area contributed by atoms with Crippen LogP contribution in [0.4, 0.5) is 0 Å². The van der Waals surface area contributed by atoms with Crippen LogP contribution in [0, 0.1) is 6.92 Å². The van der Waals surface area contributed by atoms with Crippen molar-refractivity contribution in [3.05, 3.63) is 35.4 Å². The molecule has 0 spiro atoms. The molecule has 10 radical (unpaired) electrons. The summed E-state index contributed by atoms with van der Waals surface area (Å²) in [6.07, 6.45) is 2.05. The SMILES string of the molecule is C.CC.CC.CC.CCCCc1ccc(C)cc1.[2H][2H].[2H][2H].[2H][2H].[2H][2H].[B]B([B])B([B])B([B])[B]. The minimum absolute atomic E-state index is 0. The Hall–Kier alpha value is -0.261. The highest BCUT2D eigenvalue weighted by Crippen LogP contribution is 2.06. The van der Waals surface area contributed by atoms with Gasteiger partial charge in [0.2, 0.25) is 0 Å². The molecule has 0 N–H and O–H groups in total. The summed E-state index contributed by atoms with van der Waals surface area (Å²) in [4.78, 5) is 0. The highest BCUT2D eigenvalue weighted by molar-refractivity contribution is 7.89. The molecule has 0 fully saturated rings. The van der Waals surface area contributed by atoms with Crippen LogP contribution in [0.15, 0.2) is 24.3 Å². The lowest BCUT2D eigenvalue weighted by Crippen LogP contribution is -2.52. The summed E-state index contributed by atoms with van der Waals surface area (Å²) in [7, 11) is 25.8. The summed E-state index contributed by atoms with van der Waals surface area (Å²) >= 11 is 0. The van der Waals surface area contributed by atoms with Gasteiger partial charge in [-0.1, -0.05) is 92.1 Å². The Kier molecular flexibility index (Phi) is 29.2. The second-order valence-corrected chi connectivity index (χ2v) is 4.82. The molecule has 0 atom stereocenters. The number of rotatable bonds is 5. The smallest absolute Gasteiger partial charge is 0 e. The Morgan fingerprint density at radius 1 is 0.808 bits per heavy atom. The van der Waals surface area contributed by atoms with E-state index in [1.165, 1.54) is 30.4 Å². The molecule has 26 heavy (non-hydrogen) atoms. The van der Waals surface area contributed by atoms with E-state index in [-0.39, 0.29) is 7.43 Å². The third-order valence-electron chi connectivity index (χ3n) is 2.83. The van der Waals surface area contributed by atoms with Gasteiger partial charge >= 0.3 is 0 Å². The fraction of sp³-hybridized carbons (Fsp3) is 0.667. The van der Waals surface area contributed by atoms with Crippen LogP contribution in [-0.2, 0) is 6.42 Å². The molecule has 0 amide bonds. The molecular weight excluding hydrogens is 303 g/mol. The van der Waals surface area contributed by atoms with Crippen molar-refractivity contribution in [3.8, 4) is 0 Å². The van der Waals surface area contributed by atoms with Crippen molar-refractivity contribution in [1.82, 2.24) is 0 Å². The van der Waals surface area contributed by atoms with E-state index >= 15 is 0 Å². The number of unbranched alkanes of at least 4 members (excludes halogenated alkanes) is 1. The first kappa shape index (κ1) is 25.7. The highest BCUT2D eigenvalue weighted by Gasteiger charge is 2.14. The molecule has 0 saturated heterocycles. The van der Waals surface area contributed by atoms with Crippen LogP contribution in [-0.4, -0.2) is 57.8 Å². The maximum atomic E-state index is 5.26. The molecule has 0 heterocycles. The zero-order valence-electron chi connectivity index (χ0n) is 26.0. The molecule has 0 aliphatic rings. The van der Waals surface area contributed by atoms with Gasteiger partial charge in [0.1, 0.15) is 0 Å². The topological polar surface area (TPSA) is 0 Å². The van der Waals surface area contributed by atoms with Gasteiger partial charge in [-0.3, -0.25) is 0 Å². The molecule has 1 aromatic rings. The lowest BCUT2D eigenvalue weighted by atomic mass is 8.68. The molecule has 0 bridgehead atoms. The Morgan fingerprint density at radius 3 is 1.38 bits per heavy atom. The average molecular weight is 357 g/mol. The van der Waals surface area contributed by atoms with Gasteiger partial charge in [0.15, 0.2) is 0 Å². The van der Waals surface area contributed by atoms with Crippen LogP contribution >= 0.6 is 0 Å². The highest BCUT2D eigenvalue weighted by atomic mass is 14.0. The van der Waals surface area contributed by atoms with E-state index < -0.39 is 19.2 Å². The Labute approximate surface area is 187 Å². The summed E-state index contributed by atoms with van der Waals surface area (Å²) in [5.74, 6) is 0. The van der Waals surface area contributed by atoms with Crippen molar-refractivity contribution in [1.29, 1.82) is 0 Å². The summed E-state index contributed by atoms with van der Waals surface area (Å²) in [6, 6.07) is 8.83. The first-order valence-corrected chi connectivity index (χ1v) is 9.72. The van der Waals surface area contributed by atoms with E-state index in [1.807, 2.05) is 41.5 Å². The van der Waals surface area contributed by atoms with Gasteiger partial charge in [0.25, 0.3) is 0 Å². The molecule has 1 rings (SSSR count). The lowest BCUT2D eigenvalue weighted by molar-refractivity contribution is 0.795. The molecule has 142 valence electrons. The maximum absolute atomic E-state index is 5.26.